The van der Waals surface area contributed by atoms with Gasteiger partial charge in [0, 0.05) is 11.1 Å². The van der Waals surface area contributed by atoms with Gasteiger partial charge in [-0.05, 0) is 44.0 Å². The van der Waals surface area contributed by atoms with Gasteiger partial charge in [-0.3, -0.25) is 4.79 Å². The van der Waals surface area contributed by atoms with E-state index in [2.05, 4.69) is 5.32 Å². The molecule has 18 heavy (non-hydrogen) atoms. The van der Waals surface area contributed by atoms with Crippen LogP contribution in [0.5, 0.6) is 5.75 Å². The lowest BCUT2D eigenvalue weighted by Crippen LogP contribution is -2.41. The molecule has 1 aromatic carbocycles. The topological polar surface area (TPSA) is 38.3 Å². The smallest absolute Gasteiger partial charge is 0.260 e. The fraction of sp³-hybridized carbons (Fsp3) is 0.500. The first kappa shape index (κ1) is 13.2. The summed E-state index contributed by atoms with van der Waals surface area (Å²) in [6.07, 6.45) is 4.10. The van der Waals surface area contributed by atoms with Crippen LogP contribution >= 0.6 is 11.6 Å². The van der Waals surface area contributed by atoms with Crippen LogP contribution in [0.2, 0.25) is 5.02 Å². The van der Waals surface area contributed by atoms with Crippen LogP contribution in [0.25, 0.3) is 0 Å². The second kappa shape index (κ2) is 6.10. The van der Waals surface area contributed by atoms with Crippen LogP contribution in [0.3, 0.4) is 0 Å². The molecule has 98 valence electrons. The molecule has 0 unspecified atom stereocenters. The van der Waals surface area contributed by atoms with Gasteiger partial charge in [0.15, 0.2) is 6.10 Å². The van der Waals surface area contributed by atoms with Gasteiger partial charge in [-0.25, -0.2) is 0 Å². The number of amides is 1. The van der Waals surface area contributed by atoms with Gasteiger partial charge in [0.25, 0.3) is 5.91 Å². The standard InChI is InChI=1S/C14H18ClNO2/c1-10(14(17)16-12-4-2-3-5-12)18-13-8-6-11(15)7-9-13/h6-10,12H,2-5H2,1H3,(H,16,17)/t10-/m0/s1. The third-order valence-electron chi connectivity index (χ3n) is 3.20. The third-order valence-corrected chi connectivity index (χ3v) is 3.45. The Morgan fingerprint density at radius 2 is 1.94 bits per heavy atom. The molecule has 1 N–H and O–H groups in total. The van der Waals surface area contributed by atoms with Crippen molar-refractivity contribution >= 4 is 17.5 Å². The van der Waals surface area contributed by atoms with Crippen molar-refractivity contribution in [2.75, 3.05) is 0 Å². The van der Waals surface area contributed by atoms with E-state index in [1.807, 2.05) is 0 Å². The Bertz CT molecular complexity index is 399. The lowest BCUT2D eigenvalue weighted by molar-refractivity contribution is -0.127. The van der Waals surface area contributed by atoms with Crippen LogP contribution in [0.4, 0.5) is 0 Å². The minimum absolute atomic E-state index is 0.0446. The summed E-state index contributed by atoms with van der Waals surface area (Å²) in [7, 11) is 0. The fourth-order valence-corrected chi connectivity index (χ4v) is 2.29. The molecular formula is C14H18ClNO2. The Labute approximate surface area is 112 Å². The third kappa shape index (κ3) is 3.64. The molecule has 3 nitrogen and oxygen atoms in total. The number of hydrogen-bond acceptors (Lipinski definition) is 2. The molecule has 0 spiro atoms. The lowest BCUT2D eigenvalue weighted by Gasteiger charge is -2.18. The first-order valence-electron chi connectivity index (χ1n) is 6.38. The summed E-state index contributed by atoms with van der Waals surface area (Å²) >= 11 is 5.79. The van der Waals surface area contributed by atoms with E-state index in [-0.39, 0.29) is 5.91 Å². The average molecular weight is 268 g/mol. The molecule has 0 bridgehead atoms. The maximum absolute atomic E-state index is 11.9. The average Bonchev–Trinajstić information content (AvgIpc) is 2.85. The maximum Gasteiger partial charge on any atom is 0.260 e. The molecule has 0 aliphatic heterocycles. The Kier molecular flexibility index (Phi) is 4.48. The molecule has 0 saturated heterocycles. The van der Waals surface area contributed by atoms with Crippen LogP contribution in [-0.4, -0.2) is 18.1 Å². The van der Waals surface area contributed by atoms with Crippen LogP contribution in [0, 0.1) is 0 Å². The van der Waals surface area contributed by atoms with Crippen molar-refractivity contribution < 1.29 is 9.53 Å². The van der Waals surface area contributed by atoms with E-state index in [0.717, 1.165) is 12.8 Å². The molecule has 1 fully saturated rings. The molecule has 0 radical (unpaired) electrons. The molecule has 0 aromatic heterocycles. The number of benzene rings is 1. The van der Waals surface area contributed by atoms with Crippen LogP contribution < -0.4 is 10.1 Å². The molecule has 1 aromatic rings. The molecule has 2 rings (SSSR count). The van der Waals surface area contributed by atoms with Crippen molar-refractivity contribution in [1.29, 1.82) is 0 Å². The van der Waals surface area contributed by atoms with Crippen molar-refractivity contribution in [3.05, 3.63) is 29.3 Å². The SMILES string of the molecule is C[C@H](Oc1ccc(Cl)cc1)C(=O)NC1CCCC1. The zero-order valence-corrected chi connectivity index (χ0v) is 11.2. The summed E-state index contributed by atoms with van der Waals surface area (Å²) in [6, 6.07) is 7.36. The first-order chi connectivity index (χ1) is 8.65. The zero-order valence-electron chi connectivity index (χ0n) is 10.5. The Morgan fingerprint density at radius 1 is 1.33 bits per heavy atom. The second-order valence-corrected chi connectivity index (χ2v) is 5.14. The van der Waals surface area contributed by atoms with E-state index >= 15 is 0 Å². The zero-order chi connectivity index (χ0) is 13.0. The van der Waals surface area contributed by atoms with Crippen molar-refractivity contribution in [2.24, 2.45) is 0 Å². The lowest BCUT2D eigenvalue weighted by atomic mass is 10.2. The summed E-state index contributed by atoms with van der Waals surface area (Å²) in [5.74, 6) is 0.616. The van der Waals surface area contributed by atoms with Crippen molar-refractivity contribution in [3.8, 4) is 5.75 Å². The van der Waals surface area contributed by atoms with Gasteiger partial charge < -0.3 is 10.1 Å². The fourth-order valence-electron chi connectivity index (χ4n) is 2.16. The summed E-state index contributed by atoms with van der Waals surface area (Å²) in [6.45, 7) is 1.76. The van der Waals surface area contributed by atoms with Crippen molar-refractivity contribution in [1.82, 2.24) is 5.32 Å². The number of rotatable bonds is 4. The Balaban J connectivity index is 1.84. The van der Waals surface area contributed by atoms with Gasteiger partial charge in [-0.1, -0.05) is 24.4 Å². The van der Waals surface area contributed by atoms with Gasteiger partial charge in [-0.2, -0.15) is 0 Å². The minimum atomic E-state index is -0.480. The summed E-state index contributed by atoms with van der Waals surface area (Å²) in [5, 5.41) is 3.68. The molecule has 1 aliphatic carbocycles. The minimum Gasteiger partial charge on any atom is -0.481 e. The second-order valence-electron chi connectivity index (χ2n) is 4.70. The van der Waals surface area contributed by atoms with Crippen LogP contribution in [-0.2, 0) is 4.79 Å². The number of halogens is 1. The first-order valence-corrected chi connectivity index (χ1v) is 6.75. The highest BCUT2D eigenvalue weighted by molar-refractivity contribution is 6.30. The number of carbonyl (C=O) groups excluding carboxylic acids is 1. The number of hydrogen-bond donors (Lipinski definition) is 1. The largest absolute Gasteiger partial charge is 0.481 e. The van der Waals surface area contributed by atoms with Gasteiger partial charge in [0.2, 0.25) is 0 Å². The Hall–Kier alpha value is -1.22. The highest BCUT2D eigenvalue weighted by Gasteiger charge is 2.21. The van der Waals surface area contributed by atoms with E-state index in [9.17, 15) is 4.79 Å². The predicted molar refractivity (Wildman–Crippen MR) is 71.9 cm³/mol. The van der Waals surface area contributed by atoms with Gasteiger partial charge in [-0.15, -0.1) is 0 Å². The monoisotopic (exact) mass is 267 g/mol. The number of nitrogens with one attached hydrogen (secondary N) is 1. The van der Waals surface area contributed by atoms with Gasteiger partial charge in [0.1, 0.15) is 5.75 Å². The highest BCUT2D eigenvalue weighted by atomic mass is 35.5. The molecule has 1 saturated carbocycles. The molecule has 1 atom stereocenters. The highest BCUT2D eigenvalue weighted by Crippen LogP contribution is 2.19. The van der Waals surface area contributed by atoms with Gasteiger partial charge >= 0.3 is 0 Å². The number of carbonyl (C=O) groups is 1. The molecule has 1 amide bonds. The predicted octanol–water partition coefficient (Wildman–Crippen LogP) is 3.17. The van der Waals surface area contributed by atoms with E-state index in [0.29, 0.717) is 16.8 Å². The van der Waals surface area contributed by atoms with Gasteiger partial charge in [0.05, 0.1) is 0 Å². The number of ether oxygens (including phenoxy) is 1. The molecule has 0 heterocycles. The molecule has 4 heteroatoms. The van der Waals surface area contributed by atoms with E-state index in [1.165, 1.54) is 12.8 Å². The summed E-state index contributed by atoms with van der Waals surface area (Å²) in [5.41, 5.74) is 0. The normalized spacial score (nSPS) is 17.4. The molecular weight excluding hydrogens is 250 g/mol. The Morgan fingerprint density at radius 3 is 2.56 bits per heavy atom. The molecule has 1 aliphatic rings. The maximum atomic E-state index is 11.9. The van der Waals surface area contributed by atoms with E-state index < -0.39 is 6.10 Å². The van der Waals surface area contributed by atoms with Crippen LogP contribution in [0.1, 0.15) is 32.6 Å². The summed E-state index contributed by atoms with van der Waals surface area (Å²) < 4.78 is 5.57. The van der Waals surface area contributed by atoms with Crippen LogP contribution in [0.15, 0.2) is 24.3 Å². The van der Waals surface area contributed by atoms with E-state index in [1.54, 1.807) is 31.2 Å². The summed E-state index contributed by atoms with van der Waals surface area (Å²) in [4.78, 5) is 11.9. The quantitative estimate of drug-likeness (QED) is 0.910. The van der Waals surface area contributed by atoms with Crippen molar-refractivity contribution in [2.45, 2.75) is 44.8 Å². The van der Waals surface area contributed by atoms with Crippen molar-refractivity contribution in [3.63, 3.8) is 0 Å². The van der Waals surface area contributed by atoms with E-state index in [4.69, 9.17) is 16.3 Å².